The van der Waals surface area contributed by atoms with Gasteiger partial charge in [0.25, 0.3) is 0 Å². The summed E-state index contributed by atoms with van der Waals surface area (Å²) in [6.07, 6.45) is 9.32. The summed E-state index contributed by atoms with van der Waals surface area (Å²) in [4.78, 5) is 0. The van der Waals surface area contributed by atoms with Crippen molar-refractivity contribution in [1.82, 2.24) is 5.01 Å². The first-order chi connectivity index (χ1) is 7.16. The van der Waals surface area contributed by atoms with Crippen LogP contribution in [0, 0.1) is 5.92 Å². The van der Waals surface area contributed by atoms with E-state index < -0.39 is 0 Å². The van der Waals surface area contributed by atoms with Gasteiger partial charge in [-0.1, -0.05) is 52.9 Å². The first-order valence-corrected chi connectivity index (χ1v) is 6.66. The van der Waals surface area contributed by atoms with Crippen LogP contribution in [0.1, 0.15) is 65.7 Å². The molecule has 0 spiro atoms. The number of nitrogens with zero attached hydrogens (tertiary/aromatic N) is 1. The maximum atomic E-state index is 5.90. The molecule has 0 atom stereocenters. The van der Waals surface area contributed by atoms with Crippen LogP contribution in [0.2, 0.25) is 0 Å². The summed E-state index contributed by atoms with van der Waals surface area (Å²) >= 11 is 0. The Morgan fingerprint density at radius 1 is 0.933 bits per heavy atom. The van der Waals surface area contributed by atoms with E-state index in [1.165, 1.54) is 44.9 Å². The molecule has 2 heteroatoms. The molecule has 0 aromatic carbocycles. The van der Waals surface area contributed by atoms with Crippen molar-refractivity contribution in [2.24, 2.45) is 11.8 Å². The van der Waals surface area contributed by atoms with Crippen LogP contribution >= 0.6 is 0 Å². The molecule has 0 bridgehead atoms. The maximum absolute atomic E-state index is 5.90. The van der Waals surface area contributed by atoms with E-state index in [2.05, 4.69) is 20.8 Å². The number of hydrazine groups is 1. The minimum Gasteiger partial charge on any atom is -0.269 e. The van der Waals surface area contributed by atoms with E-state index in [0.29, 0.717) is 0 Å². The van der Waals surface area contributed by atoms with E-state index in [-0.39, 0.29) is 0 Å². The molecule has 0 heterocycles. The third kappa shape index (κ3) is 11.8. The van der Waals surface area contributed by atoms with E-state index in [1.54, 1.807) is 0 Å². The van der Waals surface area contributed by atoms with Gasteiger partial charge in [-0.05, 0) is 18.8 Å². The second-order valence-electron chi connectivity index (χ2n) is 4.99. The molecule has 92 valence electrons. The van der Waals surface area contributed by atoms with Crippen molar-refractivity contribution in [2.45, 2.75) is 65.7 Å². The number of hydrogen-bond donors (Lipinski definition) is 1. The van der Waals surface area contributed by atoms with Gasteiger partial charge < -0.3 is 0 Å². The van der Waals surface area contributed by atoms with Gasteiger partial charge in [0.15, 0.2) is 0 Å². The molecule has 2 nitrogen and oxygen atoms in total. The Hall–Kier alpha value is -0.0800. The van der Waals surface area contributed by atoms with Gasteiger partial charge in [0.2, 0.25) is 0 Å². The predicted octanol–water partition coefficient (Wildman–Crippen LogP) is 3.57. The van der Waals surface area contributed by atoms with Gasteiger partial charge in [-0.25, -0.2) is 5.01 Å². The maximum Gasteiger partial charge on any atom is 0.0131 e. The number of unbranched alkanes of at least 4 members (excludes halogenated alkanes) is 5. The number of hydrogen-bond acceptors (Lipinski definition) is 2. The van der Waals surface area contributed by atoms with E-state index in [1.807, 2.05) is 5.01 Å². The van der Waals surface area contributed by atoms with E-state index in [4.69, 9.17) is 5.84 Å². The predicted molar refractivity (Wildman–Crippen MR) is 68.6 cm³/mol. The third-order valence-electron chi connectivity index (χ3n) is 2.79. The fourth-order valence-electron chi connectivity index (χ4n) is 1.63. The molecule has 0 radical (unpaired) electrons. The molecule has 2 N–H and O–H groups in total. The van der Waals surface area contributed by atoms with Gasteiger partial charge in [0.1, 0.15) is 0 Å². The van der Waals surface area contributed by atoms with Crippen molar-refractivity contribution in [3.63, 3.8) is 0 Å². The standard InChI is InChI=1S/C13H30N2/c1-4-5-6-7-8-9-11-15(14)12-10-13(2)3/h13H,4-12,14H2,1-3H3. The van der Waals surface area contributed by atoms with Crippen molar-refractivity contribution in [3.8, 4) is 0 Å². The fourth-order valence-corrected chi connectivity index (χ4v) is 1.63. The molecule has 0 aliphatic carbocycles. The Morgan fingerprint density at radius 2 is 1.53 bits per heavy atom. The minimum absolute atomic E-state index is 0.764. The summed E-state index contributed by atoms with van der Waals surface area (Å²) in [5.74, 6) is 6.66. The Bertz CT molecular complexity index is 124. The highest BCUT2D eigenvalue weighted by molar-refractivity contribution is 4.53. The topological polar surface area (TPSA) is 29.3 Å². The Balaban J connectivity index is 3.13. The van der Waals surface area contributed by atoms with Crippen LogP contribution in [0.15, 0.2) is 0 Å². The zero-order valence-electron chi connectivity index (χ0n) is 11.0. The largest absolute Gasteiger partial charge is 0.269 e. The summed E-state index contributed by atoms with van der Waals surface area (Å²) in [6, 6.07) is 0. The highest BCUT2D eigenvalue weighted by Gasteiger charge is 2.00. The Morgan fingerprint density at radius 3 is 2.13 bits per heavy atom. The average Bonchev–Trinajstić information content (AvgIpc) is 2.20. The van der Waals surface area contributed by atoms with Crippen LogP contribution < -0.4 is 5.84 Å². The Kier molecular flexibility index (Phi) is 10.4. The Labute approximate surface area is 96.2 Å². The summed E-state index contributed by atoms with van der Waals surface area (Å²) < 4.78 is 0. The van der Waals surface area contributed by atoms with Crippen LogP contribution in [-0.2, 0) is 0 Å². The fraction of sp³-hybridized carbons (Fsp3) is 1.00. The minimum atomic E-state index is 0.764. The summed E-state index contributed by atoms with van der Waals surface area (Å²) in [7, 11) is 0. The molecule has 0 saturated heterocycles. The lowest BCUT2D eigenvalue weighted by molar-refractivity contribution is 0.259. The smallest absolute Gasteiger partial charge is 0.0131 e. The molecule has 0 aliphatic rings. The molecule has 0 aliphatic heterocycles. The lowest BCUT2D eigenvalue weighted by Gasteiger charge is -2.17. The second-order valence-corrected chi connectivity index (χ2v) is 4.99. The van der Waals surface area contributed by atoms with Gasteiger partial charge >= 0.3 is 0 Å². The van der Waals surface area contributed by atoms with Gasteiger partial charge in [0.05, 0.1) is 0 Å². The zero-order chi connectivity index (χ0) is 11.5. The van der Waals surface area contributed by atoms with Crippen LogP contribution in [0.3, 0.4) is 0 Å². The molecule has 0 aromatic heterocycles. The van der Waals surface area contributed by atoms with Gasteiger partial charge in [-0.3, -0.25) is 5.84 Å². The highest BCUT2D eigenvalue weighted by Crippen LogP contribution is 2.06. The monoisotopic (exact) mass is 214 g/mol. The van der Waals surface area contributed by atoms with Crippen molar-refractivity contribution in [2.75, 3.05) is 13.1 Å². The lowest BCUT2D eigenvalue weighted by Crippen LogP contribution is -2.33. The average molecular weight is 214 g/mol. The third-order valence-corrected chi connectivity index (χ3v) is 2.79. The van der Waals surface area contributed by atoms with Gasteiger partial charge in [-0.2, -0.15) is 0 Å². The van der Waals surface area contributed by atoms with Crippen molar-refractivity contribution in [1.29, 1.82) is 0 Å². The quantitative estimate of drug-likeness (QED) is 0.342. The van der Waals surface area contributed by atoms with Gasteiger partial charge in [-0.15, -0.1) is 0 Å². The van der Waals surface area contributed by atoms with Crippen molar-refractivity contribution >= 4 is 0 Å². The normalized spacial score (nSPS) is 11.6. The molecule has 15 heavy (non-hydrogen) atoms. The highest BCUT2D eigenvalue weighted by atomic mass is 15.4. The molecule has 0 saturated carbocycles. The van der Waals surface area contributed by atoms with Crippen LogP contribution in [0.4, 0.5) is 0 Å². The molecule has 0 unspecified atom stereocenters. The van der Waals surface area contributed by atoms with Crippen LogP contribution in [-0.4, -0.2) is 18.1 Å². The first-order valence-electron chi connectivity index (χ1n) is 6.66. The van der Waals surface area contributed by atoms with Gasteiger partial charge in [0, 0.05) is 13.1 Å². The molecular formula is C13H30N2. The lowest BCUT2D eigenvalue weighted by atomic mass is 10.1. The zero-order valence-corrected chi connectivity index (χ0v) is 11.0. The SMILES string of the molecule is CCCCCCCCN(N)CCC(C)C. The first kappa shape index (κ1) is 14.9. The molecule has 0 amide bonds. The molecule has 0 aromatic rings. The van der Waals surface area contributed by atoms with E-state index in [0.717, 1.165) is 19.0 Å². The summed E-state index contributed by atoms with van der Waals surface area (Å²) in [5.41, 5.74) is 0. The second kappa shape index (κ2) is 10.4. The molecular weight excluding hydrogens is 184 g/mol. The van der Waals surface area contributed by atoms with Crippen molar-refractivity contribution in [3.05, 3.63) is 0 Å². The van der Waals surface area contributed by atoms with Crippen LogP contribution in [0.5, 0.6) is 0 Å². The molecule has 0 rings (SSSR count). The summed E-state index contributed by atoms with van der Waals surface area (Å²) in [5, 5.41) is 1.99. The number of rotatable bonds is 10. The van der Waals surface area contributed by atoms with Crippen molar-refractivity contribution < 1.29 is 0 Å². The summed E-state index contributed by atoms with van der Waals surface area (Å²) in [6.45, 7) is 8.87. The van der Waals surface area contributed by atoms with E-state index >= 15 is 0 Å². The van der Waals surface area contributed by atoms with E-state index in [9.17, 15) is 0 Å². The number of nitrogens with two attached hydrogens (primary N) is 1. The van der Waals surface area contributed by atoms with Crippen LogP contribution in [0.25, 0.3) is 0 Å². The molecule has 0 fully saturated rings.